The van der Waals surface area contributed by atoms with E-state index in [0.29, 0.717) is 24.7 Å². The second-order valence-electron chi connectivity index (χ2n) is 8.13. The molecule has 3 aromatic carbocycles. The van der Waals surface area contributed by atoms with Crippen LogP contribution in [0.2, 0.25) is 0 Å². The number of benzene rings is 3. The fourth-order valence-corrected chi connectivity index (χ4v) is 3.99. The summed E-state index contributed by atoms with van der Waals surface area (Å²) in [5, 5.41) is 0. The zero-order valence-electron chi connectivity index (χ0n) is 20.0. The van der Waals surface area contributed by atoms with Crippen molar-refractivity contribution in [3.05, 3.63) is 96.3 Å². The van der Waals surface area contributed by atoms with Gasteiger partial charge in [0.15, 0.2) is 11.5 Å². The Bertz CT molecular complexity index is 1230. The van der Waals surface area contributed by atoms with Gasteiger partial charge in [-0.15, -0.1) is 6.58 Å². The molecular formula is C29H32N2O3. The minimum Gasteiger partial charge on any atom is -0.494 e. The molecule has 34 heavy (non-hydrogen) atoms. The molecule has 0 fully saturated rings. The number of fused-ring (bicyclic) bond motifs is 1. The van der Waals surface area contributed by atoms with Crippen molar-refractivity contribution in [1.82, 2.24) is 9.55 Å². The lowest BCUT2D eigenvalue weighted by atomic mass is 10.1. The predicted molar refractivity (Wildman–Crippen MR) is 137 cm³/mol. The molecule has 0 aliphatic rings. The number of imidazole rings is 1. The lowest BCUT2D eigenvalue weighted by Gasteiger charge is -2.14. The standard InChI is InChI=1S/C29H32N2O3/c1-4-9-23-14-17-27(28(20-23)32-3)34-21-29-30-25-10-6-7-11-26(25)31(29)18-8-19-33-24-15-12-22(5-2)13-16-24/h4,6-7,10-17,20H,1,5,8-9,18-19,21H2,2-3H3. The molecule has 0 unspecified atom stereocenters. The average Bonchev–Trinajstić information content (AvgIpc) is 3.23. The molecule has 0 atom stereocenters. The molecule has 0 saturated heterocycles. The van der Waals surface area contributed by atoms with Crippen molar-refractivity contribution in [1.29, 1.82) is 0 Å². The van der Waals surface area contributed by atoms with Crippen LogP contribution in [-0.2, 0) is 26.0 Å². The summed E-state index contributed by atoms with van der Waals surface area (Å²) in [7, 11) is 1.66. The van der Waals surface area contributed by atoms with Crippen LogP contribution in [0.5, 0.6) is 17.2 Å². The van der Waals surface area contributed by atoms with Crippen molar-refractivity contribution in [2.75, 3.05) is 13.7 Å². The van der Waals surface area contributed by atoms with E-state index in [9.17, 15) is 0 Å². The molecule has 5 heteroatoms. The van der Waals surface area contributed by atoms with Crippen LogP contribution in [-0.4, -0.2) is 23.3 Å². The predicted octanol–water partition coefficient (Wildman–Crippen LogP) is 6.38. The molecule has 0 spiro atoms. The summed E-state index contributed by atoms with van der Waals surface area (Å²) >= 11 is 0. The molecule has 4 rings (SSSR count). The smallest absolute Gasteiger partial charge is 0.161 e. The lowest BCUT2D eigenvalue weighted by Crippen LogP contribution is -2.10. The van der Waals surface area contributed by atoms with Gasteiger partial charge in [0, 0.05) is 6.54 Å². The maximum absolute atomic E-state index is 6.15. The Balaban J connectivity index is 1.44. The third-order valence-corrected chi connectivity index (χ3v) is 5.82. The highest BCUT2D eigenvalue weighted by atomic mass is 16.5. The number of hydrogen-bond acceptors (Lipinski definition) is 4. The molecule has 0 saturated carbocycles. The lowest BCUT2D eigenvalue weighted by molar-refractivity contribution is 0.267. The Morgan fingerprint density at radius 1 is 0.941 bits per heavy atom. The third-order valence-electron chi connectivity index (χ3n) is 5.82. The van der Waals surface area contributed by atoms with Crippen LogP contribution in [0.15, 0.2) is 79.4 Å². The summed E-state index contributed by atoms with van der Waals surface area (Å²) in [6.45, 7) is 7.74. The molecule has 0 amide bonds. The van der Waals surface area contributed by atoms with Gasteiger partial charge in [-0.3, -0.25) is 0 Å². The maximum atomic E-state index is 6.15. The second-order valence-corrected chi connectivity index (χ2v) is 8.13. The van der Waals surface area contributed by atoms with Gasteiger partial charge >= 0.3 is 0 Å². The average molecular weight is 457 g/mol. The molecule has 0 aliphatic heterocycles. The summed E-state index contributed by atoms with van der Waals surface area (Å²) < 4.78 is 19.9. The summed E-state index contributed by atoms with van der Waals surface area (Å²) in [5.74, 6) is 3.20. The fourth-order valence-electron chi connectivity index (χ4n) is 3.99. The van der Waals surface area contributed by atoms with Crippen molar-refractivity contribution in [2.45, 2.75) is 39.3 Å². The van der Waals surface area contributed by atoms with Crippen LogP contribution in [0.1, 0.15) is 30.3 Å². The molecule has 0 bridgehead atoms. The molecule has 4 aromatic rings. The fraction of sp³-hybridized carbons (Fsp3) is 0.276. The first kappa shape index (κ1) is 23.4. The number of methoxy groups -OCH3 is 1. The Kier molecular flexibility index (Phi) is 7.87. The highest BCUT2D eigenvalue weighted by molar-refractivity contribution is 5.75. The minimum atomic E-state index is 0.352. The third kappa shape index (κ3) is 5.60. The van der Waals surface area contributed by atoms with E-state index < -0.39 is 0 Å². The SMILES string of the molecule is C=CCc1ccc(OCc2nc3ccccc3n2CCCOc2ccc(CC)cc2)c(OC)c1. The van der Waals surface area contributed by atoms with Gasteiger partial charge in [-0.05, 0) is 66.8 Å². The molecule has 0 radical (unpaired) electrons. The van der Waals surface area contributed by atoms with Gasteiger partial charge in [-0.2, -0.15) is 0 Å². The Morgan fingerprint density at radius 2 is 1.74 bits per heavy atom. The largest absolute Gasteiger partial charge is 0.494 e. The number of ether oxygens (including phenoxy) is 3. The van der Waals surface area contributed by atoms with Crippen molar-refractivity contribution in [2.24, 2.45) is 0 Å². The van der Waals surface area contributed by atoms with E-state index in [1.165, 1.54) is 5.56 Å². The van der Waals surface area contributed by atoms with Crippen molar-refractivity contribution < 1.29 is 14.2 Å². The van der Waals surface area contributed by atoms with E-state index in [-0.39, 0.29) is 0 Å². The number of rotatable bonds is 12. The summed E-state index contributed by atoms with van der Waals surface area (Å²) in [6.07, 6.45) is 4.56. The highest BCUT2D eigenvalue weighted by Gasteiger charge is 2.13. The van der Waals surface area contributed by atoms with E-state index in [0.717, 1.165) is 54.0 Å². The van der Waals surface area contributed by atoms with Crippen LogP contribution in [0.4, 0.5) is 0 Å². The first-order valence-electron chi connectivity index (χ1n) is 11.8. The van der Waals surface area contributed by atoms with Crippen LogP contribution in [0, 0.1) is 0 Å². The van der Waals surface area contributed by atoms with E-state index in [1.54, 1.807) is 7.11 Å². The van der Waals surface area contributed by atoms with Gasteiger partial charge in [0.2, 0.25) is 0 Å². The molecular weight excluding hydrogens is 424 g/mol. The number of allylic oxidation sites excluding steroid dienone is 1. The summed E-state index contributed by atoms with van der Waals surface area (Å²) in [6, 6.07) is 22.5. The van der Waals surface area contributed by atoms with Crippen LogP contribution in [0.25, 0.3) is 11.0 Å². The van der Waals surface area contributed by atoms with Gasteiger partial charge in [-0.1, -0.05) is 43.3 Å². The molecule has 176 valence electrons. The van der Waals surface area contributed by atoms with Crippen LogP contribution < -0.4 is 14.2 Å². The topological polar surface area (TPSA) is 45.5 Å². The Hall–Kier alpha value is -3.73. The molecule has 1 aromatic heterocycles. The van der Waals surface area contributed by atoms with E-state index in [2.05, 4.69) is 36.3 Å². The van der Waals surface area contributed by atoms with E-state index in [4.69, 9.17) is 19.2 Å². The van der Waals surface area contributed by atoms with Gasteiger partial charge in [0.25, 0.3) is 0 Å². The van der Waals surface area contributed by atoms with Gasteiger partial charge in [0.1, 0.15) is 18.2 Å². The van der Waals surface area contributed by atoms with Gasteiger partial charge in [-0.25, -0.2) is 4.98 Å². The normalized spacial score (nSPS) is 10.9. The van der Waals surface area contributed by atoms with Crippen molar-refractivity contribution >= 4 is 11.0 Å². The zero-order chi connectivity index (χ0) is 23.8. The molecule has 5 nitrogen and oxygen atoms in total. The number of aromatic nitrogens is 2. The first-order chi connectivity index (χ1) is 16.7. The van der Waals surface area contributed by atoms with E-state index in [1.807, 2.05) is 54.6 Å². The monoisotopic (exact) mass is 456 g/mol. The minimum absolute atomic E-state index is 0.352. The molecule has 0 N–H and O–H groups in total. The number of nitrogens with zero attached hydrogens (tertiary/aromatic N) is 2. The number of hydrogen-bond donors (Lipinski definition) is 0. The molecule has 0 aliphatic carbocycles. The van der Waals surface area contributed by atoms with Crippen molar-refractivity contribution in [3.8, 4) is 17.2 Å². The molecule has 1 heterocycles. The summed E-state index contributed by atoms with van der Waals surface area (Å²) in [4.78, 5) is 4.83. The zero-order valence-corrected chi connectivity index (χ0v) is 20.0. The first-order valence-corrected chi connectivity index (χ1v) is 11.8. The van der Waals surface area contributed by atoms with Crippen LogP contribution in [0.3, 0.4) is 0 Å². The number of para-hydroxylation sites is 2. The van der Waals surface area contributed by atoms with Crippen molar-refractivity contribution in [3.63, 3.8) is 0 Å². The van der Waals surface area contributed by atoms with Gasteiger partial charge in [0.05, 0.1) is 24.8 Å². The van der Waals surface area contributed by atoms with E-state index >= 15 is 0 Å². The van der Waals surface area contributed by atoms with Crippen LogP contribution >= 0.6 is 0 Å². The highest BCUT2D eigenvalue weighted by Crippen LogP contribution is 2.29. The van der Waals surface area contributed by atoms with Gasteiger partial charge < -0.3 is 18.8 Å². The Morgan fingerprint density at radius 3 is 2.50 bits per heavy atom. The number of aryl methyl sites for hydroxylation is 2. The Labute approximate surface area is 201 Å². The second kappa shape index (κ2) is 11.4. The maximum Gasteiger partial charge on any atom is 0.161 e. The quantitative estimate of drug-likeness (QED) is 0.183. The summed E-state index contributed by atoms with van der Waals surface area (Å²) in [5.41, 5.74) is 4.51.